The third-order valence-corrected chi connectivity index (χ3v) is 2.75. The van der Waals surface area contributed by atoms with Crippen LogP contribution in [0.3, 0.4) is 0 Å². The predicted molar refractivity (Wildman–Crippen MR) is 77.3 cm³/mol. The van der Waals surface area contributed by atoms with Crippen LogP contribution in [0, 0.1) is 17.1 Å². The summed E-state index contributed by atoms with van der Waals surface area (Å²) in [5, 5.41) is 10.7. The average Bonchev–Trinajstić information content (AvgIpc) is 2.46. The molecule has 0 aliphatic rings. The summed E-state index contributed by atoms with van der Waals surface area (Å²) in [4.78, 5) is 22.6. The molecule has 7 heteroatoms. The highest BCUT2D eigenvalue weighted by molar-refractivity contribution is 9.10. The molecule has 0 aliphatic heterocycles. The van der Waals surface area contributed by atoms with Gasteiger partial charge in [-0.05, 0) is 24.3 Å². The van der Waals surface area contributed by atoms with Crippen LogP contribution >= 0.6 is 15.9 Å². The quantitative estimate of drug-likeness (QED) is 0.482. The van der Waals surface area contributed by atoms with Gasteiger partial charge in [0, 0.05) is 22.7 Å². The molecule has 1 aromatic rings. The standard InChI is InChI=1S/C14H12BrFN2O3/c15-11-3-4-12(16)10(8-11)2-5-14(20)21-9-13(19)18-7-1-6-17/h2-5,8H,1,7,9H2,(H,18,19)/b5-2+. The molecule has 0 bridgehead atoms. The molecule has 110 valence electrons. The lowest BCUT2D eigenvalue weighted by Gasteiger charge is -2.03. The SMILES string of the molecule is N#CCCNC(=O)COC(=O)/C=C/c1cc(Br)ccc1F. The van der Waals surface area contributed by atoms with Gasteiger partial charge in [0.2, 0.25) is 0 Å². The zero-order chi connectivity index (χ0) is 15.7. The number of nitriles is 1. The van der Waals surface area contributed by atoms with Crippen molar-refractivity contribution in [3.8, 4) is 6.07 Å². The first-order valence-electron chi connectivity index (χ1n) is 5.96. The van der Waals surface area contributed by atoms with Crippen molar-refractivity contribution in [2.45, 2.75) is 6.42 Å². The highest BCUT2D eigenvalue weighted by atomic mass is 79.9. The van der Waals surface area contributed by atoms with Gasteiger partial charge in [0.05, 0.1) is 12.5 Å². The minimum absolute atomic E-state index is 0.182. The number of hydrogen-bond acceptors (Lipinski definition) is 4. The summed E-state index contributed by atoms with van der Waals surface area (Å²) >= 11 is 3.19. The number of esters is 1. The summed E-state index contributed by atoms with van der Waals surface area (Å²) in [5.41, 5.74) is 0.222. The summed E-state index contributed by atoms with van der Waals surface area (Å²) in [5.74, 6) is -1.73. The van der Waals surface area contributed by atoms with Crippen LogP contribution in [0.1, 0.15) is 12.0 Å². The van der Waals surface area contributed by atoms with Crippen molar-refractivity contribution in [1.29, 1.82) is 5.26 Å². The molecule has 0 unspecified atom stereocenters. The first kappa shape index (κ1) is 16.9. The molecule has 1 rings (SSSR count). The second-order valence-corrected chi connectivity index (χ2v) is 4.78. The van der Waals surface area contributed by atoms with E-state index < -0.39 is 24.3 Å². The normalized spacial score (nSPS) is 10.1. The van der Waals surface area contributed by atoms with Crippen LogP contribution in [-0.2, 0) is 14.3 Å². The van der Waals surface area contributed by atoms with Crippen molar-refractivity contribution in [2.24, 2.45) is 0 Å². The van der Waals surface area contributed by atoms with Crippen LogP contribution in [-0.4, -0.2) is 25.0 Å². The molecule has 21 heavy (non-hydrogen) atoms. The molecule has 0 aliphatic carbocycles. The number of carbonyl (C=O) groups is 2. The lowest BCUT2D eigenvalue weighted by Crippen LogP contribution is -2.29. The van der Waals surface area contributed by atoms with E-state index in [0.717, 1.165) is 6.08 Å². The molecule has 0 saturated carbocycles. The van der Waals surface area contributed by atoms with Gasteiger partial charge in [-0.3, -0.25) is 4.79 Å². The van der Waals surface area contributed by atoms with Crippen molar-refractivity contribution in [3.05, 3.63) is 40.1 Å². The number of benzene rings is 1. The average molecular weight is 355 g/mol. The van der Waals surface area contributed by atoms with Gasteiger partial charge in [0.1, 0.15) is 5.82 Å². The maximum atomic E-state index is 13.4. The van der Waals surface area contributed by atoms with Crippen LogP contribution in [0.25, 0.3) is 6.08 Å². The smallest absolute Gasteiger partial charge is 0.331 e. The third-order valence-electron chi connectivity index (χ3n) is 2.26. The van der Waals surface area contributed by atoms with Crippen molar-refractivity contribution in [1.82, 2.24) is 5.32 Å². The van der Waals surface area contributed by atoms with Gasteiger partial charge in [-0.2, -0.15) is 5.26 Å². The largest absolute Gasteiger partial charge is 0.452 e. The van der Waals surface area contributed by atoms with E-state index >= 15 is 0 Å². The van der Waals surface area contributed by atoms with E-state index in [1.54, 1.807) is 0 Å². The highest BCUT2D eigenvalue weighted by Gasteiger charge is 2.05. The van der Waals surface area contributed by atoms with Crippen LogP contribution in [0.4, 0.5) is 4.39 Å². The molecule has 0 fully saturated rings. The lowest BCUT2D eigenvalue weighted by molar-refractivity contribution is -0.143. The van der Waals surface area contributed by atoms with E-state index in [-0.39, 0.29) is 18.5 Å². The monoisotopic (exact) mass is 354 g/mol. The van der Waals surface area contributed by atoms with Gasteiger partial charge in [0.15, 0.2) is 6.61 Å². The maximum Gasteiger partial charge on any atom is 0.331 e. The number of rotatable bonds is 6. The summed E-state index contributed by atoms with van der Waals surface area (Å²) < 4.78 is 18.7. The minimum atomic E-state index is -0.759. The van der Waals surface area contributed by atoms with Gasteiger partial charge in [-0.1, -0.05) is 15.9 Å². The van der Waals surface area contributed by atoms with Crippen molar-refractivity contribution in [3.63, 3.8) is 0 Å². The van der Waals surface area contributed by atoms with E-state index in [4.69, 9.17) is 5.26 Å². The minimum Gasteiger partial charge on any atom is -0.452 e. The summed E-state index contributed by atoms with van der Waals surface area (Å²) in [7, 11) is 0. The van der Waals surface area contributed by atoms with Gasteiger partial charge in [-0.15, -0.1) is 0 Å². The van der Waals surface area contributed by atoms with E-state index in [9.17, 15) is 14.0 Å². The molecular weight excluding hydrogens is 343 g/mol. The number of amides is 1. The Morgan fingerprint density at radius 3 is 2.95 bits per heavy atom. The van der Waals surface area contributed by atoms with Crippen molar-refractivity contribution >= 4 is 33.9 Å². The number of nitrogens with zero attached hydrogens (tertiary/aromatic N) is 1. The van der Waals surface area contributed by atoms with Crippen molar-refractivity contribution in [2.75, 3.05) is 13.2 Å². The number of halogens is 2. The van der Waals surface area contributed by atoms with Crippen LogP contribution in [0.5, 0.6) is 0 Å². The van der Waals surface area contributed by atoms with Gasteiger partial charge in [0.25, 0.3) is 5.91 Å². The topological polar surface area (TPSA) is 79.2 Å². The fourth-order valence-corrected chi connectivity index (χ4v) is 1.67. The van der Waals surface area contributed by atoms with E-state index in [2.05, 4.69) is 26.0 Å². The molecule has 0 aromatic heterocycles. The summed E-state index contributed by atoms with van der Waals surface area (Å²) in [6.45, 7) is -0.248. The number of nitrogens with one attached hydrogen (secondary N) is 1. The van der Waals surface area contributed by atoms with Crippen LogP contribution in [0.2, 0.25) is 0 Å². The maximum absolute atomic E-state index is 13.4. The number of ether oxygens (including phenoxy) is 1. The van der Waals surface area contributed by atoms with Gasteiger partial charge < -0.3 is 10.1 Å². The van der Waals surface area contributed by atoms with E-state index in [0.29, 0.717) is 4.47 Å². The number of carbonyl (C=O) groups excluding carboxylic acids is 2. The Kier molecular flexibility index (Phi) is 7.12. The Labute approximate surface area is 129 Å². The Hall–Kier alpha value is -2.20. The second-order valence-electron chi connectivity index (χ2n) is 3.86. The Bertz CT molecular complexity index is 596. The Morgan fingerprint density at radius 1 is 1.48 bits per heavy atom. The molecule has 1 N–H and O–H groups in total. The molecule has 0 heterocycles. The molecule has 0 radical (unpaired) electrons. The second kappa shape index (κ2) is 8.87. The van der Waals surface area contributed by atoms with Gasteiger partial charge in [-0.25, -0.2) is 9.18 Å². The van der Waals surface area contributed by atoms with E-state index in [1.165, 1.54) is 24.3 Å². The fraction of sp³-hybridized carbons (Fsp3) is 0.214. The summed E-state index contributed by atoms with van der Waals surface area (Å²) in [6.07, 6.45) is 2.48. The van der Waals surface area contributed by atoms with Gasteiger partial charge >= 0.3 is 5.97 Å². The molecule has 0 saturated heterocycles. The van der Waals surface area contributed by atoms with Crippen LogP contribution in [0.15, 0.2) is 28.7 Å². The molecule has 1 amide bonds. The van der Waals surface area contributed by atoms with Crippen molar-refractivity contribution < 1.29 is 18.7 Å². The summed E-state index contributed by atoms with van der Waals surface area (Å²) in [6, 6.07) is 6.17. The molecule has 5 nitrogen and oxygen atoms in total. The Morgan fingerprint density at radius 2 is 2.24 bits per heavy atom. The molecular formula is C14H12BrFN2O3. The first-order chi connectivity index (χ1) is 10.0. The lowest BCUT2D eigenvalue weighted by atomic mass is 10.2. The first-order valence-corrected chi connectivity index (χ1v) is 6.75. The predicted octanol–water partition coefficient (Wildman–Crippen LogP) is 2.17. The molecule has 0 spiro atoms. The Balaban J connectivity index is 2.43. The fourth-order valence-electron chi connectivity index (χ4n) is 1.29. The molecule has 0 atom stereocenters. The third kappa shape index (κ3) is 6.68. The van der Waals surface area contributed by atoms with E-state index in [1.807, 2.05) is 6.07 Å². The zero-order valence-electron chi connectivity index (χ0n) is 10.9. The number of hydrogen-bond donors (Lipinski definition) is 1. The highest BCUT2D eigenvalue weighted by Crippen LogP contribution is 2.16. The van der Waals surface area contributed by atoms with Crippen LogP contribution < -0.4 is 5.32 Å². The molecule has 1 aromatic carbocycles. The zero-order valence-corrected chi connectivity index (χ0v) is 12.5.